The second kappa shape index (κ2) is 12.1. The monoisotopic (exact) mass is 639 g/mol. The first kappa shape index (κ1) is 29.9. The van der Waals surface area contributed by atoms with Gasteiger partial charge in [-0.1, -0.05) is 147 Å². The summed E-state index contributed by atoms with van der Waals surface area (Å²) in [7, 11) is 0. The fraction of sp³-hybridized carbons (Fsp3) is 0.0612. The van der Waals surface area contributed by atoms with E-state index in [-0.39, 0.29) is 5.41 Å². The molecule has 238 valence electrons. The maximum absolute atomic E-state index is 2.46. The lowest BCUT2D eigenvalue weighted by atomic mass is 9.67. The smallest absolute Gasteiger partial charge is 0.0546 e. The van der Waals surface area contributed by atoms with Gasteiger partial charge in [-0.15, -0.1) is 0 Å². The number of hydrogen-bond acceptors (Lipinski definition) is 1. The Morgan fingerprint density at radius 3 is 1.46 bits per heavy atom. The van der Waals surface area contributed by atoms with Crippen molar-refractivity contribution in [2.45, 2.75) is 19.3 Å². The molecule has 1 heteroatoms. The molecule has 0 radical (unpaired) electrons. The Hall–Kier alpha value is -6.18. The van der Waals surface area contributed by atoms with Crippen LogP contribution < -0.4 is 4.90 Å². The van der Waals surface area contributed by atoms with Crippen molar-refractivity contribution in [1.82, 2.24) is 0 Å². The molecule has 0 aliphatic heterocycles. The van der Waals surface area contributed by atoms with Crippen molar-refractivity contribution in [3.63, 3.8) is 0 Å². The van der Waals surface area contributed by atoms with Gasteiger partial charge in [-0.3, -0.25) is 0 Å². The van der Waals surface area contributed by atoms with E-state index in [2.05, 4.69) is 207 Å². The summed E-state index contributed by atoms with van der Waals surface area (Å²) in [6.07, 6.45) is 0. The first-order valence-corrected chi connectivity index (χ1v) is 17.4. The Morgan fingerprint density at radius 1 is 0.380 bits per heavy atom. The third-order valence-electron chi connectivity index (χ3n) is 10.4. The van der Waals surface area contributed by atoms with Gasteiger partial charge in [0, 0.05) is 22.4 Å². The predicted molar refractivity (Wildman–Crippen MR) is 213 cm³/mol. The fourth-order valence-corrected chi connectivity index (χ4v) is 7.94. The van der Waals surface area contributed by atoms with Gasteiger partial charge in [-0.2, -0.15) is 0 Å². The molecule has 0 aromatic heterocycles. The molecule has 1 aliphatic carbocycles. The van der Waals surface area contributed by atoms with Crippen molar-refractivity contribution < 1.29 is 0 Å². The first-order valence-electron chi connectivity index (χ1n) is 17.4. The standard InChI is InChI=1S/C49H37N/c1-49(2)44-28-26-37(40-31-38(34-16-7-3-8-17-34)30-39(32-40)35-18-9-4-10-19-35)33-43(44)48-46(29-27-36-20-15-25-45(49)47(36)48)50(41-21-11-5-12-22-41)42-23-13-6-14-24-42/h3-33H,1-2H3. The van der Waals surface area contributed by atoms with Crippen LogP contribution >= 0.6 is 0 Å². The van der Waals surface area contributed by atoms with Crippen LogP contribution in [0.3, 0.4) is 0 Å². The number of hydrogen-bond donors (Lipinski definition) is 0. The molecule has 0 spiro atoms. The minimum Gasteiger partial charge on any atom is -0.310 e. The van der Waals surface area contributed by atoms with E-state index in [0.29, 0.717) is 0 Å². The molecule has 0 N–H and O–H groups in total. The van der Waals surface area contributed by atoms with Gasteiger partial charge in [-0.25, -0.2) is 0 Å². The van der Waals surface area contributed by atoms with Crippen molar-refractivity contribution in [2.75, 3.05) is 4.90 Å². The SMILES string of the molecule is CC1(C)c2ccc(-c3cc(-c4ccccc4)cc(-c4ccccc4)c3)cc2-c2c(N(c3ccccc3)c3ccccc3)ccc3cccc1c23. The highest BCUT2D eigenvalue weighted by atomic mass is 15.1. The zero-order valence-electron chi connectivity index (χ0n) is 28.3. The molecular weight excluding hydrogens is 603 g/mol. The molecule has 0 heterocycles. The van der Waals surface area contributed by atoms with Crippen LogP contribution in [0.15, 0.2) is 188 Å². The second-order valence-electron chi connectivity index (χ2n) is 13.8. The van der Waals surface area contributed by atoms with E-state index in [1.165, 1.54) is 72.1 Å². The summed E-state index contributed by atoms with van der Waals surface area (Å²) in [5, 5.41) is 2.60. The van der Waals surface area contributed by atoms with Gasteiger partial charge >= 0.3 is 0 Å². The van der Waals surface area contributed by atoms with Crippen LogP contribution in [-0.2, 0) is 5.41 Å². The third kappa shape index (κ3) is 5.02. The molecule has 0 bridgehead atoms. The Balaban J connectivity index is 1.32. The molecule has 1 nitrogen and oxygen atoms in total. The number of anilines is 3. The number of benzene rings is 8. The quantitative estimate of drug-likeness (QED) is 0.175. The zero-order valence-corrected chi connectivity index (χ0v) is 28.3. The summed E-state index contributed by atoms with van der Waals surface area (Å²) in [5.74, 6) is 0. The van der Waals surface area contributed by atoms with Crippen molar-refractivity contribution in [1.29, 1.82) is 0 Å². The van der Waals surface area contributed by atoms with E-state index in [4.69, 9.17) is 0 Å². The summed E-state index contributed by atoms with van der Waals surface area (Å²) in [6, 6.07) is 68.6. The van der Waals surface area contributed by atoms with E-state index in [1.807, 2.05) is 0 Å². The highest BCUT2D eigenvalue weighted by molar-refractivity contribution is 6.10. The molecule has 8 aromatic rings. The molecular formula is C49H37N. The topological polar surface area (TPSA) is 3.24 Å². The molecule has 8 aromatic carbocycles. The summed E-state index contributed by atoms with van der Waals surface area (Å²) < 4.78 is 0. The van der Waals surface area contributed by atoms with E-state index in [0.717, 1.165) is 11.4 Å². The maximum Gasteiger partial charge on any atom is 0.0546 e. The van der Waals surface area contributed by atoms with Crippen molar-refractivity contribution >= 4 is 27.8 Å². The number of nitrogens with zero attached hydrogens (tertiary/aromatic N) is 1. The highest BCUT2D eigenvalue weighted by Gasteiger charge is 2.35. The molecule has 0 unspecified atom stereocenters. The average molecular weight is 640 g/mol. The predicted octanol–water partition coefficient (Wildman–Crippen LogP) is 13.6. The van der Waals surface area contributed by atoms with E-state index in [1.54, 1.807) is 0 Å². The largest absolute Gasteiger partial charge is 0.310 e. The van der Waals surface area contributed by atoms with Gasteiger partial charge in [0.2, 0.25) is 0 Å². The normalized spacial score (nSPS) is 12.8. The lowest BCUT2D eigenvalue weighted by Gasteiger charge is -2.38. The lowest BCUT2D eigenvalue weighted by molar-refractivity contribution is 0.645. The Kier molecular flexibility index (Phi) is 7.21. The van der Waals surface area contributed by atoms with Crippen LogP contribution in [-0.4, -0.2) is 0 Å². The van der Waals surface area contributed by atoms with Crippen molar-refractivity contribution in [2.24, 2.45) is 0 Å². The van der Waals surface area contributed by atoms with Gasteiger partial charge < -0.3 is 4.90 Å². The van der Waals surface area contributed by atoms with Crippen LogP contribution in [0.1, 0.15) is 25.0 Å². The van der Waals surface area contributed by atoms with E-state index < -0.39 is 0 Å². The van der Waals surface area contributed by atoms with Crippen molar-refractivity contribution in [3.8, 4) is 44.5 Å². The molecule has 0 saturated heterocycles. The number of rotatable bonds is 6. The summed E-state index contributed by atoms with van der Waals surface area (Å²) in [6.45, 7) is 4.76. The fourth-order valence-electron chi connectivity index (χ4n) is 7.94. The minimum atomic E-state index is -0.176. The zero-order chi connectivity index (χ0) is 33.7. The Morgan fingerprint density at radius 2 is 0.900 bits per heavy atom. The number of fused-ring (bicyclic) bond motifs is 2. The van der Waals surface area contributed by atoms with Crippen molar-refractivity contribution in [3.05, 3.63) is 199 Å². The third-order valence-corrected chi connectivity index (χ3v) is 10.4. The summed E-state index contributed by atoms with van der Waals surface area (Å²) in [5.41, 5.74) is 15.8. The van der Waals surface area contributed by atoms with E-state index >= 15 is 0 Å². The molecule has 1 aliphatic rings. The minimum absolute atomic E-state index is 0.176. The first-order chi connectivity index (χ1) is 24.6. The second-order valence-corrected chi connectivity index (χ2v) is 13.8. The van der Waals surface area contributed by atoms with Gasteiger partial charge in [-0.05, 0) is 115 Å². The summed E-state index contributed by atoms with van der Waals surface area (Å²) in [4.78, 5) is 2.42. The van der Waals surface area contributed by atoms with Crippen LogP contribution in [0.2, 0.25) is 0 Å². The molecule has 0 amide bonds. The molecule has 0 atom stereocenters. The lowest BCUT2D eigenvalue weighted by Crippen LogP contribution is -2.24. The Labute approximate surface area is 294 Å². The summed E-state index contributed by atoms with van der Waals surface area (Å²) >= 11 is 0. The van der Waals surface area contributed by atoms with Gasteiger partial charge in [0.15, 0.2) is 0 Å². The van der Waals surface area contributed by atoms with Gasteiger partial charge in [0.05, 0.1) is 5.69 Å². The van der Waals surface area contributed by atoms with Crippen LogP contribution in [0.4, 0.5) is 17.1 Å². The van der Waals surface area contributed by atoms with Gasteiger partial charge in [0.1, 0.15) is 0 Å². The highest BCUT2D eigenvalue weighted by Crippen LogP contribution is 2.54. The average Bonchev–Trinajstić information content (AvgIpc) is 3.18. The van der Waals surface area contributed by atoms with E-state index in [9.17, 15) is 0 Å². The molecule has 9 rings (SSSR count). The maximum atomic E-state index is 2.46. The number of para-hydroxylation sites is 2. The molecule has 0 fully saturated rings. The van der Waals surface area contributed by atoms with Gasteiger partial charge in [0.25, 0.3) is 0 Å². The molecule has 0 saturated carbocycles. The van der Waals surface area contributed by atoms with Crippen LogP contribution in [0, 0.1) is 0 Å². The Bertz CT molecular complexity index is 2380. The molecule has 50 heavy (non-hydrogen) atoms. The van der Waals surface area contributed by atoms with Crippen LogP contribution in [0.25, 0.3) is 55.3 Å². The van der Waals surface area contributed by atoms with Crippen LogP contribution in [0.5, 0.6) is 0 Å².